The molecule has 0 bridgehead atoms. The fraction of sp³-hybridized carbons (Fsp3) is 0.538. The van der Waals surface area contributed by atoms with Gasteiger partial charge in [-0.2, -0.15) is 5.10 Å². The number of methoxy groups -OCH3 is 1. The molecule has 4 nitrogen and oxygen atoms in total. The SMILES string of the molecule is CCC(C)C/C(=C\F)Cn1cc(C(=O)OC)cn1. The molecule has 0 radical (unpaired) electrons. The Kier molecular flexibility index (Phi) is 5.55. The lowest BCUT2D eigenvalue weighted by atomic mass is 10.00. The van der Waals surface area contributed by atoms with Crippen LogP contribution < -0.4 is 0 Å². The molecule has 0 fully saturated rings. The molecule has 0 spiro atoms. The molecular formula is C13H19FN2O2. The van der Waals surface area contributed by atoms with E-state index >= 15 is 0 Å². The summed E-state index contributed by atoms with van der Waals surface area (Å²) in [4.78, 5) is 11.2. The average molecular weight is 254 g/mol. The Morgan fingerprint density at radius 1 is 1.67 bits per heavy atom. The highest BCUT2D eigenvalue weighted by Crippen LogP contribution is 2.16. The summed E-state index contributed by atoms with van der Waals surface area (Å²) < 4.78 is 18.9. The summed E-state index contributed by atoms with van der Waals surface area (Å²) in [5.41, 5.74) is 1.04. The first-order valence-electron chi connectivity index (χ1n) is 5.99. The number of rotatable bonds is 6. The van der Waals surface area contributed by atoms with Gasteiger partial charge in [0.15, 0.2) is 0 Å². The zero-order valence-corrected chi connectivity index (χ0v) is 11.0. The predicted molar refractivity (Wildman–Crippen MR) is 66.8 cm³/mol. The van der Waals surface area contributed by atoms with E-state index in [-0.39, 0.29) is 0 Å². The highest BCUT2D eigenvalue weighted by molar-refractivity contribution is 5.88. The van der Waals surface area contributed by atoms with Crippen molar-refractivity contribution in [1.82, 2.24) is 9.78 Å². The van der Waals surface area contributed by atoms with Crippen molar-refractivity contribution < 1.29 is 13.9 Å². The largest absolute Gasteiger partial charge is 0.465 e. The van der Waals surface area contributed by atoms with Gasteiger partial charge in [0, 0.05) is 6.20 Å². The summed E-state index contributed by atoms with van der Waals surface area (Å²) in [6.45, 7) is 4.51. The number of esters is 1. The number of aromatic nitrogens is 2. The van der Waals surface area contributed by atoms with Crippen LogP contribution in [0.3, 0.4) is 0 Å². The van der Waals surface area contributed by atoms with Crippen LogP contribution in [0, 0.1) is 5.92 Å². The third kappa shape index (κ3) is 3.98. The smallest absolute Gasteiger partial charge is 0.341 e. The molecule has 0 aromatic carbocycles. The topological polar surface area (TPSA) is 44.1 Å². The fourth-order valence-electron chi connectivity index (χ4n) is 1.62. The summed E-state index contributed by atoms with van der Waals surface area (Å²) >= 11 is 0. The predicted octanol–water partition coefficient (Wildman–Crippen LogP) is 2.96. The number of hydrogen-bond acceptors (Lipinski definition) is 3. The Balaban J connectivity index is 2.66. The van der Waals surface area contributed by atoms with E-state index in [2.05, 4.69) is 23.7 Å². The molecule has 1 aromatic rings. The third-order valence-corrected chi connectivity index (χ3v) is 2.88. The van der Waals surface area contributed by atoms with E-state index in [0.717, 1.165) is 6.42 Å². The quantitative estimate of drug-likeness (QED) is 0.733. The minimum Gasteiger partial charge on any atom is -0.465 e. The molecule has 0 saturated heterocycles. The van der Waals surface area contributed by atoms with Crippen molar-refractivity contribution in [1.29, 1.82) is 0 Å². The lowest BCUT2D eigenvalue weighted by molar-refractivity contribution is 0.0600. The van der Waals surface area contributed by atoms with Gasteiger partial charge in [-0.1, -0.05) is 20.3 Å². The normalized spacial score (nSPS) is 13.4. The molecule has 0 aliphatic rings. The van der Waals surface area contributed by atoms with E-state index in [9.17, 15) is 9.18 Å². The fourth-order valence-corrected chi connectivity index (χ4v) is 1.62. The maximum Gasteiger partial charge on any atom is 0.341 e. The van der Waals surface area contributed by atoms with Crippen LogP contribution in [0.25, 0.3) is 0 Å². The first-order valence-corrected chi connectivity index (χ1v) is 5.99. The second kappa shape index (κ2) is 6.93. The maximum absolute atomic E-state index is 12.8. The first kappa shape index (κ1) is 14.4. The van der Waals surface area contributed by atoms with Crippen LogP contribution in [0.1, 0.15) is 37.0 Å². The maximum atomic E-state index is 12.8. The van der Waals surface area contributed by atoms with Gasteiger partial charge in [0.2, 0.25) is 0 Å². The summed E-state index contributed by atoms with van der Waals surface area (Å²) in [5.74, 6) is -0.00315. The Morgan fingerprint density at radius 3 is 2.94 bits per heavy atom. The Labute approximate surface area is 106 Å². The number of nitrogens with zero attached hydrogens (tertiary/aromatic N) is 2. The lowest BCUT2D eigenvalue weighted by Crippen LogP contribution is -2.05. The minimum absolute atomic E-state index is 0.359. The van der Waals surface area contributed by atoms with Crippen molar-refractivity contribution in [3.05, 3.63) is 29.9 Å². The van der Waals surface area contributed by atoms with Crippen LogP contribution in [-0.4, -0.2) is 22.9 Å². The number of ether oxygens (including phenoxy) is 1. The second-order valence-electron chi connectivity index (χ2n) is 4.40. The van der Waals surface area contributed by atoms with Gasteiger partial charge in [-0.3, -0.25) is 4.68 Å². The molecule has 100 valence electrons. The van der Waals surface area contributed by atoms with Crippen LogP contribution in [0.15, 0.2) is 24.3 Å². The molecule has 0 saturated carbocycles. The Hall–Kier alpha value is -1.65. The Morgan fingerprint density at radius 2 is 2.39 bits per heavy atom. The summed E-state index contributed by atoms with van der Waals surface area (Å²) in [7, 11) is 1.31. The van der Waals surface area contributed by atoms with Gasteiger partial charge in [-0.05, 0) is 17.9 Å². The van der Waals surface area contributed by atoms with E-state index in [1.165, 1.54) is 13.3 Å². The zero-order chi connectivity index (χ0) is 13.5. The summed E-state index contributed by atoms with van der Waals surface area (Å²) in [5, 5.41) is 4.01. The van der Waals surface area contributed by atoms with Gasteiger partial charge in [-0.25, -0.2) is 9.18 Å². The van der Waals surface area contributed by atoms with Gasteiger partial charge >= 0.3 is 5.97 Å². The molecular weight excluding hydrogens is 235 g/mol. The van der Waals surface area contributed by atoms with Crippen molar-refractivity contribution in [2.75, 3.05) is 7.11 Å². The van der Waals surface area contributed by atoms with E-state index in [1.54, 1.807) is 10.9 Å². The molecule has 0 N–H and O–H groups in total. The zero-order valence-electron chi connectivity index (χ0n) is 11.0. The molecule has 18 heavy (non-hydrogen) atoms. The molecule has 1 unspecified atom stereocenters. The third-order valence-electron chi connectivity index (χ3n) is 2.88. The van der Waals surface area contributed by atoms with Crippen LogP contribution in [0.4, 0.5) is 4.39 Å². The van der Waals surface area contributed by atoms with Crippen LogP contribution in [0.5, 0.6) is 0 Å². The highest BCUT2D eigenvalue weighted by atomic mass is 19.1. The van der Waals surface area contributed by atoms with Crippen molar-refractivity contribution >= 4 is 5.97 Å². The van der Waals surface area contributed by atoms with Gasteiger partial charge in [0.25, 0.3) is 0 Å². The van der Waals surface area contributed by atoms with E-state index < -0.39 is 5.97 Å². The molecule has 0 amide bonds. The monoisotopic (exact) mass is 254 g/mol. The average Bonchev–Trinajstić information content (AvgIpc) is 2.85. The lowest BCUT2D eigenvalue weighted by Gasteiger charge is -2.11. The number of carbonyl (C=O) groups excluding carboxylic acids is 1. The van der Waals surface area contributed by atoms with Crippen LogP contribution in [-0.2, 0) is 11.3 Å². The molecule has 1 rings (SSSR count). The number of carbonyl (C=O) groups is 1. The Bertz CT molecular complexity index is 426. The van der Waals surface area contributed by atoms with Crippen LogP contribution in [0.2, 0.25) is 0 Å². The number of hydrogen-bond donors (Lipinski definition) is 0. The van der Waals surface area contributed by atoms with Crippen molar-refractivity contribution in [2.24, 2.45) is 5.92 Å². The highest BCUT2D eigenvalue weighted by Gasteiger charge is 2.10. The standard InChI is InChI=1S/C13H19FN2O2/c1-4-10(2)5-11(6-14)8-16-9-12(7-15-16)13(17)18-3/h6-7,9-10H,4-5,8H2,1-3H3/b11-6+. The summed E-state index contributed by atoms with van der Waals surface area (Å²) in [6, 6.07) is 0. The molecule has 0 aliphatic heterocycles. The van der Waals surface area contributed by atoms with Crippen LogP contribution >= 0.6 is 0 Å². The molecule has 1 atom stereocenters. The first-order chi connectivity index (χ1) is 8.60. The molecule has 5 heteroatoms. The minimum atomic E-state index is -0.436. The number of allylic oxidation sites excluding steroid dienone is 1. The van der Waals surface area contributed by atoms with Gasteiger partial charge in [-0.15, -0.1) is 0 Å². The molecule has 1 aromatic heterocycles. The van der Waals surface area contributed by atoms with Gasteiger partial charge in [0.05, 0.1) is 31.7 Å². The van der Waals surface area contributed by atoms with Crippen molar-refractivity contribution in [3.8, 4) is 0 Å². The molecule has 0 aliphatic carbocycles. The number of halogens is 1. The van der Waals surface area contributed by atoms with E-state index in [1.807, 2.05) is 0 Å². The van der Waals surface area contributed by atoms with E-state index in [0.29, 0.717) is 36.3 Å². The van der Waals surface area contributed by atoms with E-state index in [4.69, 9.17) is 0 Å². The second-order valence-corrected chi connectivity index (χ2v) is 4.40. The van der Waals surface area contributed by atoms with Gasteiger partial charge in [0.1, 0.15) is 0 Å². The van der Waals surface area contributed by atoms with Gasteiger partial charge < -0.3 is 4.74 Å². The van der Waals surface area contributed by atoms with Crippen molar-refractivity contribution in [3.63, 3.8) is 0 Å². The summed E-state index contributed by atoms with van der Waals surface area (Å²) in [6.07, 6.45) is 5.31. The molecule has 1 heterocycles. The van der Waals surface area contributed by atoms with Crippen molar-refractivity contribution in [2.45, 2.75) is 33.2 Å².